The minimum absolute atomic E-state index is 0.0522. The van der Waals surface area contributed by atoms with E-state index in [-0.39, 0.29) is 17.3 Å². The van der Waals surface area contributed by atoms with Gasteiger partial charge >= 0.3 is 5.97 Å². The van der Waals surface area contributed by atoms with Gasteiger partial charge in [-0.15, -0.1) is 11.8 Å². The van der Waals surface area contributed by atoms with E-state index >= 15 is 0 Å². The number of nitrogens with zero attached hydrogens (tertiary/aromatic N) is 1. The second-order valence-corrected chi connectivity index (χ2v) is 8.87. The van der Waals surface area contributed by atoms with Crippen LogP contribution in [-0.2, 0) is 19.1 Å². The van der Waals surface area contributed by atoms with Crippen molar-refractivity contribution in [1.29, 1.82) is 0 Å². The number of halogens is 1. The van der Waals surface area contributed by atoms with E-state index in [1.807, 2.05) is 6.07 Å². The Morgan fingerprint density at radius 1 is 1.29 bits per heavy atom. The molecule has 7 nitrogen and oxygen atoms in total. The van der Waals surface area contributed by atoms with Crippen LogP contribution in [0.4, 0.5) is 0 Å². The molecule has 1 fully saturated rings. The van der Waals surface area contributed by atoms with Gasteiger partial charge in [0.15, 0.2) is 6.61 Å². The predicted molar refractivity (Wildman–Crippen MR) is 106 cm³/mol. The normalized spacial score (nSPS) is 21.6. The summed E-state index contributed by atoms with van der Waals surface area (Å²) in [4.78, 5) is 38.5. The lowest BCUT2D eigenvalue weighted by atomic mass is 10.0. The first-order valence-corrected chi connectivity index (χ1v) is 10.1. The Balaban J connectivity index is 1.61. The topological polar surface area (TPSA) is 84.9 Å². The lowest BCUT2D eigenvalue weighted by Gasteiger charge is -2.49. The second-order valence-electron chi connectivity index (χ2n) is 7.31. The van der Waals surface area contributed by atoms with E-state index in [0.717, 1.165) is 0 Å². The van der Waals surface area contributed by atoms with Gasteiger partial charge < -0.3 is 14.8 Å². The molecule has 0 aromatic heterocycles. The third-order valence-electron chi connectivity index (χ3n) is 3.94. The number of rotatable bonds is 5. The molecule has 2 amide bonds. The highest BCUT2D eigenvalue weighted by Gasteiger charge is 2.54. The van der Waals surface area contributed by atoms with Gasteiger partial charge in [0.25, 0.3) is 11.8 Å². The molecule has 2 aliphatic heterocycles. The van der Waals surface area contributed by atoms with Crippen molar-refractivity contribution in [3.8, 4) is 5.75 Å². The summed E-state index contributed by atoms with van der Waals surface area (Å²) in [5, 5.41) is 2.52. The molecule has 0 saturated carbocycles. The summed E-state index contributed by atoms with van der Waals surface area (Å²) in [6.45, 7) is 5.01. The molecule has 2 atom stereocenters. The first kappa shape index (κ1) is 20.5. The standard InChI is InChI=1S/C19H21ClN2O5S/c1-19(2,3)27-18(25)15-12(20)10-28-17-14(16(24)22(15)17)21-13(23)9-26-11-7-5-4-6-8-11/h4-8,14,17H,9-10H2,1-3H3,(H,21,23)/t14?,17-/m1/s1. The van der Waals surface area contributed by atoms with Crippen molar-refractivity contribution in [3.05, 3.63) is 41.1 Å². The summed E-state index contributed by atoms with van der Waals surface area (Å²) in [6.07, 6.45) is 0. The van der Waals surface area contributed by atoms with E-state index in [4.69, 9.17) is 21.1 Å². The summed E-state index contributed by atoms with van der Waals surface area (Å²) in [7, 11) is 0. The first-order valence-electron chi connectivity index (χ1n) is 8.71. The molecular formula is C19H21ClN2O5S. The molecule has 2 aliphatic rings. The number of hydrogen-bond acceptors (Lipinski definition) is 6. The van der Waals surface area contributed by atoms with Crippen LogP contribution in [0.1, 0.15) is 20.8 Å². The maximum absolute atomic E-state index is 12.6. The average Bonchev–Trinajstić information content (AvgIpc) is 2.63. The van der Waals surface area contributed by atoms with Crippen molar-refractivity contribution >= 4 is 41.1 Å². The van der Waals surface area contributed by atoms with Crippen LogP contribution in [0.5, 0.6) is 5.75 Å². The number of thioether (sulfide) groups is 1. The number of amides is 2. The Bertz CT molecular complexity index is 821. The maximum Gasteiger partial charge on any atom is 0.356 e. The number of β-lactam (4-membered cyclic amide) rings is 1. The van der Waals surface area contributed by atoms with E-state index in [2.05, 4.69) is 5.32 Å². The van der Waals surface area contributed by atoms with Gasteiger partial charge in [-0.3, -0.25) is 14.5 Å². The summed E-state index contributed by atoms with van der Waals surface area (Å²) < 4.78 is 10.8. The van der Waals surface area contributed by atoms with Gasteiger partial charge in [-0.25, -0.2) is 4.79 Å². The average molecular weight is 425 g/mol. The monoisotopic (exact) mass is 424 g/mol. The lowest BCUT2D eigenvalue weighted by Crippen LogP contribution is -2.70. The molecule has 28 heavy (non-hydrogen) atoms. The van der Waals surface area contributed by atoms with Gasteiger partial charge in [0.1, 0.15) is 28.5 Å². The van der Waals surface area contributed by atoms with E-state index in [0.29, 0.717) is 11.5 Å². The quantitative estimate of drug-likeness (QED) is 0.576. The maximum atomic E-state index is 12.6. The summed E-state index contributed by atoms with van der Waals surface area (Å²) in [6, 6.07) is 8.18. The van der Waals surface area contributed by atoms with E-state index < -0.39 is 34.8 Å². The third-order valence-corrected chi connectivity index (χ3v) is 5.69. The highest BCUT2D eigenvalue weighted by Crippen LogP contribution is 2.42. The molecule has 9 heteroatoms. The molecule has 1 N–H and O–H groups in total. The van der Waals surface area contributed by atoms with Crippen LogP contribution >= 0.6 is 23.4 Å². The van der Waals surface area contributed by atoms with Gasteiger partial charge in [-0.05, 0) is 32.9 Å². The van der Waals surface area contributed by atoms with Gasteiger partial charge in [0, 0.05) is 5.75 Å². The Labute approximate surface area is 172 Å². The molecule has 3 rings (SSSR count). The largest absolute Gasteiger partial charge is 0.484 e. The number of fused-ring (bicyclic) bond motifs is 1. The van der Waals surface area contributed by atoms with Crippen LogP contribution in [0.2, 0.25) is 0 Å². The van der Waals surface area contributed by atoms with Crippen LogP contribution in [0, 0.1) is 0 Å². The van der Waals surface area contributed by atoms with Crippen LogP contribution in [0.3, 0.4) is 0 Å². The van der Waals surface area contributed by atoms with Gasteiger partial charge in [-0.1, -0.05) is 29.8 Å². The van der Waals surface area contributed by atoms with Crippen LogP contribution in [-0.4, -0.2) is 52.1 Å². The van der Waals surface area contributed by atoms with Crippen molar-refractivity contribution in [2.75, 3.05) is 12.4 Å². The van der Waals surface area contributed by atoms with Crippen molar-refractivity contribution in [2.24, 2.45) is 0 Å². The molecule has 0 bridgehead atoms. The Morgan fingerprint density at radius 3 is 2.61 bits per heavy atom. The SMILES string of the molecule is CC(C)(C)OC(=O)C1=C(Cl)CS[C@@H]2C(NC(=O)COc3ccccc3)C(=O)N12. The van der Waals surface area contributed by atoms with Crippen molar-refractivity contribution in [3.63, 3.8) is 0 Å². The molecule has 1 aromatic carbocycles. The van der Waals surface area contributed by atoms with E-state index in [1.54, 1.807) is 45.0 Å². The highest BCUT2D eigenvalue weighted by atomic mass is 35.5. The minimum atomic E-state index is -0.737. The Hall–Kier alpha value is -2.19. The van der Waals surface area contributed by atoms with Crippen LogP contribution < -0.4 is 10.1 Å². The zero-order valence-electron chi connectivity index (χ0n) is 15.7. The first-order chi connectivity index (χ1) is 13.2. The fraction of sp³-hybridized carbons (Fsp3) is 0.421. The molecule has 2 heterocycles. The fourth-order valence-corrected chi connectivity index (χ4v) is 4.33. The van der Waals surface area contributed by atoms with Crippen LogP contribution in [0.15, 0.2) is 41.1 Å². The molecular weight excluding hydrogens is 404 g/mol. The van der Waals surface area contributed by atoms with Gasteiger partial charge in [-0.2, -0.15) is 0 Å². The summed E-state index contributed by atoms with van der Waals surface area (Å²) in [5.41, 5.74) is -0.658. The summed E-state index contributed by atoms with van der Waals surface area (Å²) in [5.74, 6) is -0.537. The molecule has 1 aromatic rings. The molecule has 0 radical (unpaired) electrons. The number of nitrogens with one attached hydrogen (secondary N) is 1. The number of carbonyl (C=O) groups is 3. The second kappa shape index (κ2) is 8.05. The molecule has 1 unspecified atom stereocenters. The zero-order valence-corrected chi connectivity index (χ0v) is 17.3. The van der Waals surface area contributed by atoms with Crippen molar-refractivity contribution < 1.29 is 23.9 Å². The molecule has 150 valence electrons. The number of esters is 1. The van der Waals surface area contributed by atoms with E-state index in [1.165, 1.54) is 16.7 Å². The van der Waals surface area contributed by atoms with Crippen LogP contribution in [0.25, 0.3) is 0 Å². The number of para-hydroxylation sites is 1. The predicted octanol–water partition coefficient (Wildman–Crippen LogP) is 2.26. The zero-order chi connectivity index (χ0) is 20.5. The Morgan fingerprint density at radius 2 is 1.96 bits per heavy atom. The third kappa shape index (κ3) is 4.44. The highest BCUT2D eigenvalue weighted by molar-refractivity contribution is 8.00. The van der Waals surface area contributed by atoms with E-state index in [9.17, 15) is 14.4 Å². The summed E-state index contributed by atoms with van der Waals surface area (Å²) >= 11 is 7.57. The van der Waals surface area contributed by atoms with Gasteiger partial charge in [0.05, 0.1) is 5.03 Å². The Kier molecular flexibility index (Phi) is 5.90. The smallest absolute Gasteiger partial charge is 0.356 e. The lowest BCUT2D eigenvalue weighted by molar-refractivity contribution is -0.159. The van der Waals surface area contributed by atoms with Crippen molar-refractivity contribution in [1.82, 2.24) is 10.2 Å². The molecule has 1 saturated heterocycles. The minimum Gasteiger partial charge on any atom is -0.484 e. The number of ether oxygens (including phenoxy) is 2. The number of carbonyl (C=O) groups excluding carboxylic acids is 3. The molecule has 0 spiro atoms. The van der Waals surface area contributed by atoms with Gasteiger partial charge in [0.2, 0.25) is 0 Å². The number of benzene rings is 1. The molecule has 0 aliphatic carbocycles. The van der Waals surface area contributed by atoms with Crippen molar-refractivity contribution in [2.45, 2.75) is 37.8 Å². The fourth-order valence-electron chi connectivity index (χ4n) is 2.78. The number of hydrogen-bond donors (Lipinski definition) is 1.